The molecule has 1 aromatic rings. The molecule has 88 valence electrons. The fraction of sp³-hybridized carbons (Fsp3) is 0.643. The number of rotatable bonds is 3. The van der Waals surface area contributed by atoms with Gasteiger partial charge in [-0.1, -0.05) is 20.8 Å². The first kappa shape index (κ1) is 11.6. The summed E-state index contributed by atoms with van der Waals surface area (Å²) < 4.78 is 5.48. The van der Waals surface area contributed by atoms with Crippen molar-refractivity contribution in [2.75, 3.05) is 13.2 Å². The van der Waals surface area contributed by atoms with Gasteiger partial charge in [-0.15, -0.1) is 0 Å². The fourth-order valence-corrected chi connectivity index (χ4v) is 2.58. The molecule has 1 aromatic heterocycles. The first-order valence-corrected chi connectivity index (χ1v) is 6.29. The van der Waals surface area contributed by atoms with Gasteiger partial charge in [-0.25, -0.2) is 0 Å². The van der Waals surface area contributed by atoms with Crippen LogP contribution in [0.1, 0.15) is 55.8 Å². The Balaban J connectivity index is 2.42. The van der Waals surface area contributed by atoms with Crippen molar-refractivity contribution in [3.63, 3.8) is 0 Å². The summed E-state index contributed by atoms with van der Waals surface area (Å²) in [5.74, 6) is 1.07. The number of pyridine rings is 1. The molecule has 1 unspecified atom stereocenters. The van der Waals surface area contributed by atoms with E-state index in [2.05, 4.69) is 31.8 Å². The van der Waals surface area contributed by atoms with Gasteiger partial charge in [0.05, 0.1) is 6.61 Å². The minimum atomic E-state index is 0.517. The molecule has 0 N–H and O–H groups in total. The molecule has 0 radical (unpaired) electrons. The van der Waals surface area contributed by atoms with Crippen LogP contribution in [0.15, 0.2) is 12.3 Å². The van der Waals surface area contributed by atoms with Crippen LogP contribution in [-0.2, 0) is 11.2 Å². The van der Waals surface area contributed by atoms with Gasteiger partial charge < -0.3 is 4.74 Å². The Labute approximate surface area is 98.0 Å². The van der Waals surface area contributed by atoms with E-state index in [9.17, 15) is 0 Å². The summed E-state index contributed by atoms with van der Waals surface area (Å²) in [5.41, 5.74) is 4.19. The van der Waals surface area contributed by atoms with E-state index in [1.165, 1.54) is 16.8 Å². The highest BCUT2D eigenvalue weighted by molar-refractivity contribution is 5.35. The van der Waals surface area contributed by atoms with E-state index in [0.717, 1.165) is 26.1 Å². The Kier molecular flexibility index (Phi) is 3.59. The topological polar surface area (TPSA) is 22.1 Å². The molecule has 0 spiro atoms. The van der Waals surface area contributed by atoms with Gasteiger partial charge >= 0.3 is 0 Å². The number of aryl methyl sites for hydroxylation is 1. The van der Waals surface area contributed by atoms with Crippen LogP contribution in [0.25, 0.3) is 0 Å². The van der Waals surface area contributed by atoms with Crippen molar-refractivity contribution < 1.29 is 4.74 Å². The van der Waals surface area contributed by atoms with Gasteiger partial charge in [-0.3, -0.25) is 4.98 Å². The molecule has 1 fully saturated rings. The molecule has 2 nitrogen and oxygen atoms in total. The molecule has 0 saturated carbocycles. The van der Waals surface area contributed by atoms with Gasteiger partial charge in [0.2, 0.25) is 0 Å². The van der Waals surface area contributed by atoms with E-state index in [-0.39, 0.29) is 0 Å². The average molecular weight is 219 g/mol. The third-order valence-electron chi connectivity index (χ3n) is 3.39. The second kappa shape index (κ2) is 4.96. The molecule has 0 amide bonds. The summed E-state index contributed by atoms with van der Waals surface area (Å²) in [6.45, 7) is 8.47. The Morgan fingerprint density at radius 2 is 2.31 bits per heavy atom. The quantitative estimate of drug-likeness (QED) is 0.778. The highest BCUT2D eigenvalue weighted by Crippen LogP contribution is 2.32. The lowest BCUT2D eigenvalue weighted by Crippen LogP contribution is -2.09. The van der Waals surface area contributed by atoms with Crippen molar-refractivity contribution in [3.8, 4) is 0 Å². The summed E-state index contributed by atoms with van der Waals surface area (Å²) in [7, 11) is 0. The Bertz CT molecular complexity index is 354. The molecular formula is C14H21NO. The van der Waals surface area contributed by atoms with Crippen LogP contribution in [0, 0.1) is 0 Å². The fourth-order valence-electron chi connectivity index (χ4n) is 2.58. The third kappa shape index (κ3) is 2.12. The minimum absolute atomic E-state index is 0.517. The van der Waals surface area contributed by atoms with Crippen LogP contribution in [0.3, 0.4) is 0 Å². The van der Waals surface area contributed by atoms with Crippen LogP contribution in [0.2, 0.25) is 0 Å². The van der Waals surface area contributed by atoms with Crippen LogP contribution in [0.4, 0.5) is 0 Å². The maximum atomic E-state index is 5.48. The van der Waals surface area contributed by atoms with Crippen molar-refractivity contribution in [1.29, 1.82) is 0 Å². The zero-order valence-electron chi connectivity index (χ0n) is 10.5. The van der Waals surface area contributed by atoms with Crippen LogP contribution in [-0.4, -0.2) is 18.2 Å². The zero-order chi connectivity index (χ0) is 11.5. The van der Waals surface area contributed by atoms with Crippen LogP contribution < -0.4 is 0 Å². The lowest BCUT2D eigenvalue weighted by molar-refractivity contribution is 0.193. The van der Waals surface area contributed by atoms with E-state index in [1.54, 1.807) is 0 Å². The summed E-state index contributed by atoms with van der Waals surface area (Å²) in [6, 6.07) is 2.16. The number of aromatic nitrogens is 1. The maximum Gasteiger partial charge on any atom is 0.0550 e. The standard InChI is InChI=1S/C14H21NO/c1-4-11-5-7-15-14(13(11)10(2)3)12-6-8-16-9-12/h5,7,10,12H,4,6,8-9H2,1-3H3. The van der Waals surface area contributed by atoms with Gasteiger partial charge in [0.1, 0.15) is 0 Å². The molecule has 1 aliphatic heterocycles. The molecular weight excluding hydrogens is 198 g/mol. The monoisotopic (exact) mass is 219 g/mol. The highest BCUT2D eigenvalue weighted by atomic mass is 16.5. The predicted octanol–water partition coefficient (Wildman–Crippen LogP) is 3.27. The lowest BCUT2D eigenvalue weighted by Gasteiger charge is -2.19. The van der Waals surface area contributed by atoms with Crippen molar-refractivity contribution in [1.82, 2.24) is 4.98 Å². The zero-order valence-corrected chi connectivity index (χ0v) is 10.5. The van der Waals surface area contributed by atoms with Crippen LogP contribution in [0.5, 0.6) is 0 Å². The molecule has 2 heterocycles. The Hall–Kier alpha value is -0.890. The van der Waals surface area contributed by atoms with E-state index in [4.69, 9.17) is 4.74 Å². The van der Waals surface area contributed by atoms with Gasteiger partial charge in [0, 0.05) is 24.4 Å². The van der Waals surface area contributed by atoms with Crippen LogP contribution >= 0.6 is 0 Å². The first-order chi connectivity index (χ1) is 7.74. The second-order valence-electron chi connectivity index (χ2n) is 4.84. The van der Waals surface area contributed by atoms with Gasteiger partial charge in [0.25, 0.3) is 0 Å². The van der Waals surface area contributed by atoms with Gasteiger partial charge in [0.15, 0.2) is 0 Å². The Morgan fingerprint density at radius 3 is 2.88 bits per heavy atom. The molecule has 2 rings (SSSR count). The normalized spacial score (nSPS) is 20.6. The van der Waals surface area contributed by atoms with Gasteiger partial charge in [-0.05, 0) is 36.0 Å². The van der Waals surface area contributed by atoms with Crippen molar-refractivity contribution >= 4 is 0 Å². The van der Waals surface area contributed by atoms with E-state index < -0.39 is 0 Å². The van der Waals surface area contributed by atoms with Crippen molar-refractivity contribution in [2.24, 2.45) is 0 Å². The molecule has 1 atom stereocenters. The number of hydrogen-bond donors (Lipinski definition) is 0. The number of nitrogens with zero attached hydrogens (tertiary/aromatic N) is 1. The molecule has 0 bridgehead atoms. The van der Waals surface area contributed by atoms with E-state index >= 15 is 0 Å². The molecule has 1 saturated heterocycles. The van der Waals surface area contributed by atoms with Crippen molar-refractivity contribution in [3.05, 3.63) is 29.1 Å². The third-order valence-corrected chi connectivity index (χ3v) is 3.39. The maximum absolute atomic E-state index is 5.48. The summed E-state index contributed by atoms with van der Waals surface area (Å²) in [6.07, 6.45) is 4.18. The average Bonchev–Trinajstić information content (AvgIpc) is 2.81. The number of ether oxygens (including phenoxy) is 1. The minimum Gasteiger partial charge on any atom is -0.381 e. The van der Waals surface area contributed by atoms with Crippen molar-refractivity contribution in [2.45, 2.75) is 45.4 Å². The summed E-state index contributed by atoms with van der Waals surface area (Å²) in [5, 5.41) is 0. The number of hydrogen-bond acceptors (Lipinski definition) is 2. The molecule has 1 aliphatic rings. The van der Waals surface area contributed by atoms with E-state index in [1.807, 2.05) is 6.20 Å². The predicted molar refractivity (Wildman–Crippen MR) is 65.9 cm³/mol. The smallest absolute Gasteiger partial charge is 0.0550 e. The largest absolute Gasteiger partial charge is 0.381 e. The Morgan fingerprint density at radius 1 is 1.50 bits per heavy atom. The highest BCUT2D eigenvalue weighted by Gasteiger charge is 2.24. The summed E-state index contributed by atoms with van der Waals surface area (Å²) in [4.78, 5) is 4.61. The van der Waals surface area contributed by atoms with Gasteiger partial charge in [-0.2, -0.15) is 0 Å². The molecule has 0 aliphatic carbocycles. The lowest BCUT2D eigenvalue weighted by atomic mass is 9.88. The molecule has 2 heteroatoms. The van der Waals surface area contributed by atoms with E-state index in [0.29, 0.717) is 11.8 Å². The second-order valence-corrected chi connectivity index (χ2v) is 4.84. The summed E-state index contributed by atoms with van der Waals surface area (Å²) >= 11 is 0. The SMILES string of the molecule is CCc1ccnc(C2CCOC2)c1C(C)C. The first-order valence-electron chi connectivity index (χ1n) is 6.29. The molecule has 16 heavy (non-hydrogen) atoms. The molecule has 0 aromatic carbocycles.